The minimum atomic E-state index is -0.825. The lowest BCUT2D eigenvalue weighted by molar-refractivity contribution is -0.135. The van der Waals surface area contributed by atoms with Gasteiger partial charge in [-0.3, -0.25) is 14.5 Å². The van der Waals surface area contributed by atoms with Crippen LogP contribution in [0.2, 0.25) is 0 Å². The molecule has 1 aromatic heterocycles. The molecule has 1 saturated carbocycles. The molecule has 6 nitrogen and oxygen atoms in total. The fourth-order valence-electron chi connectivity index (χ4n) is 2.78. The first-order chi connectivity index (χ1) is 10.5. The summed E-state index contributed by atoms with van der Waals surface area (Å²) in [5, 5.41) is 7.48. The molecule has 1 aliphatic carbocycles. The van der Waals surface area contributed by atoms with Crippen LogP contribution in [0.4, 0.5) is 4.79 Å². The molecule has 2 heterocycles. The molecule has 2 aliphatic rings. The van der Waals surface area contributed by atoms with Crippen molar-refractivity contribution in [2.45, 2.75) is 31.7 Å². The minimum Gasteiger partial charge on any atom is -0.354 e. The van der Waals surface area contributed by atoms with Crippen molar-refractivity contribution in [3.8, 4) is 0 Å². The Hall–Kier alpha value is -1.89. The number of rotatable bonds is 6. The van der Waals surface area contributed by atoms with Crippen molar-refractivity contribution in [3.05, 3.63) is 22.4 Å². The second-order valence-electron chi connectivity index (χ2n) is 5.98. The molecule has 2 N–H and O–H groups in total. The third-order valence-electron chi connectivity index (χ3n) is 4.27. The monoisotopic (exact) mass is 321 g/mol. The molecule has 1 saturated heterocycles. The Kier molecular flexibility index (Phi) is 3.90. The maximum atomic E-state index is 12.4. The zero-order chi connectivity index (χ0) is 15.7. The Morgan fingerprint density at radius 2 is 2.27 bits per heavy atom. The number of thiophene rings is 1. The number of nitrogens with zero attached hydrogens (tertiary/aromatic N) is 1. The van der Waals surface area contributed by atoms with Crippen molar-refractivity contribution in [2.75, 3.05) is 13.1 Å². The summed E-state index contributed by atoms with van der Waals surface area (Å²) >= 11 is 1.64. The number of hydrogen-bond donors (Lipinski definition) is 2. The Balaban J connectivity index is 1.50. The van der Waals surface area contributed by atoms with Gasteiger partial charge in [-0.25, -0.2) is 4.79 Å². The first-order valence-corrected chi connectivity index (χ1v) is 8.32. The van der Waals surface area contributed by atoms with E-state index >= 15 is 0 Å². The lowest BCUT2D eigenvalue weighted by atomic mass is 9.96. The van der Waals surface area contributed by atoms with Gasteiger partial charge in [0.05, 0.1) is 0 Å². The van der Waals surface area contributed by atoms with E-state index in [2.05, 4.69) is 10.6 Å². The van der Waals surface area contributed by atoms with E-state index in [1.165, 1.54) is 4.88 Å². The van der Waals surface area contributed by atoms with Gasteiger partial charge in [0.25, 0.3) is 5.91 Å². The van der Waals surface area contributed by atoms with Gasteiger partial charge in [0.15, 0.2) is 0 Å². The van der Waals surface area contributed by atoms with Crippen molar-refractivity contribution in [1.82, 2.24) is 15.5 Å². The molecule has 3 rings (SSSR count). The summed E-state index contributed by atoms with van der Waals surface area (Å²) < 4.78 is 0. The zero-order valence-corrected chi connectivity index (χ0v) is 13.2. The summed E-state index contributed by atoms with van der Waals surface area (Å²) in [4.78, 5) is 38.5. The van der Waals surface area contributed by atoms with E-state index < -0.39 is 11.6 Å². The molecule has 7 heteroatoms. The zero-order valence-electron chi connectivity index (χ0n) is 12.4. The summed E-state index contributed by atoms with van der Waals surface area (Å²) in [6.07, 6.45) is 2.65. The van der Waals surface area contributed by atoms with E-state index in [9.17, 15) is 14.4 Å². The van der Waals surface area contributed by atoms with E-state index in [-0.39, 0.29) is 24.3 Å². The molecule has 0 bridgehead atoms. The second kappa shape index (κ2) is 5.72. The number of urea groups is 1. The average molecular weight is 321 g/mol. The maximum absolute atomic E-state index is 12.4. The number of carbonyl (C=O) groups excluding carboxylic acids is 3. The molecule has 2 fully saturated rings. The van der Waals surface area contributed by atoms with Crippen LogP contribution in [0.5, 0.6) is 0 Å². The van der Waals surface area contributed by atoms with Crippen LogP contribution >= 0.6 is 11.3 Å². The van der Waals surface area contributed by atoms with E-state index in [1.54, 1.807) is 18.3 Å². The van der Waals surface area contributed by atoms with Crippen LogP contribution in [0.15, 0.2) is 17.5 Å². The number of imide groups is 1. The molecule has 118 valence electrons. The predicted molar refractivity (Wildman–Crippen MR) is 82.4 cm³/mol. The van der Waals surface area contributed by atoms with E-state index in [4.69, 9.17) is 0 Å². The van der Waals surface area contributed by atoms with Crippen molar-refractivity contribution < 1.29 is 14.4 Å². The average Bonchev–Trinajstić information content (AvgIpc) is 3.17. The van der Waals surface area contributed by atoms with E-state index in [1.807, 2.05) is 17.5 Å². The summed E-state index contributed by atoms with van der Waals surface area (Å²) in [6.45, 7) is 2.04. The summed E-state index contributed by atoms with van der Waals surface area (Å²) in [7, 11) is 0. The lowest BCUT2D eigenvalue weighted by Crippen LogP contribution is -2.47. The van der Waals surface area contributed by atoms with Gasteiger partial charge in [-0.1, -0.05) is 6.07 Å². The summed E-state index contributed by atoms with van der Waals surface area (Å²) in [5.74, 6) is -0.385. The van der Waals surface area contributed by atoms with Crippen LogP contribution in [0, 0.1) is 5.92 Å². The van der Waals surface area contributed by atoms with Gasteiger partial charge in [0.1, 0.15) is 12.1 Å². The molecule has 4 amide bonds. The molecule has 0 spiro atoms. The first kappa shape index (κ1) is 15.0. The molecule has 22 heavy (non-hydrogen) atoms. The van der Waals surface area contributed by atoms with Gasteiger partial charge in [-0.05, 0) is 43.6 Å². The third kappa shape index (κ3) is 2.85. The normalized spacial score (nSPS) is 24.5. The Labute approximate surface area is 132 Å². The van der Waals surface area contributed by atoms with E-state index in [0.717, 1.165) is 24.2 Å². The van der Waals surface area contributed by atoms with Crippen molar-refractivity contribution >= 4 is 29.2 Å². The van der Waals surface area contributed by atoms with Gasteiger partial charge in [0.2, 0.25) is 5.91 Å². The number of carbonyl (C=O) groups is 3. The molecule has 1 aromatic rings. The quantitative estimate of drug-likeness (QED) is 0.771. The molecule has 1 atom stereocenters. The third-order valence-corrected chi connectivity index (χ3v) is 5.21. The highest BCUT2D eigenvalue weighted by atomic mass is 32.1. The van der Waals surface area contributed by atoms with Crippen LogP contribution in [0.3, 0.4) is 0 Å². The van der Waals surface area contributed by atoms with Crippen LogP contribution < -0.4 is 10.6 Å². The van der Waals surface area contributed by atoms with Crippen molar-refractivity contribution in [3.63, 3.8) is 0 Å². The van der Waals surface area contributed by atoms with Gasteiger partial charge in [-0.2, -0.15) is 0 Å². The van der Waals surface area contributed by atoms with Crippen molar-refractivity contribution in [1.29, 1.82) is 0 Å². The number of amides is 4. The highest BCUT2D eigenvalue weighted by Crippen LogP contribution is 2.42. The molecule has 0 aromatic carbocycles. The fourth-order valence-corrected chi connectivity index (χ4v) is 3.49. The van der Waals surface area contributed by atoms with Crippen LogP contribution in [0.1, 0.15) is 24.6 Å². The highest BCUT2D eigenvalue weighted by Gasteiger charge is 2.56. The highest BCUT2D eigenvalue weighted by molar-refractivity contribution is 7.09. The van der Waals surface area contributed by atoms with Gasteiger partial charge < -0.3 is 10.6 Å². The lowest BCUT2D eigenvalue weighted by Gasteiger charge is -2.20. The largest absolute Gasteiger partial charge is 0.354 e. The van der Waals surface area contributed by atoms with Crippen LogP contribution in [0.25, 0.3) is 0 Å². The first-order valence-electron chi connectivity index (χ1n) is 7.44. The maximum Gasteiger partial charge on any atom is 0.325 e. The summed E-state index contributed by atoms with van der Waals surface area (Å²) in [6, 6.07) is 3.51. The predicted octanol–water partition coefficient (Wildman–Crippen LogP) is 1.13. The number of hydrogen-bond acceptors (Lipinski definition) is 4. The molecule has 1 unspecified atom stereocenters. The fraction of sp³-hybridized carbons (Fsp3) is 0.533. The van der Waals surface area contributed by atoms with Gasteiger partial charge >= 0.3 is 6.03 Å². The Bertz CT molecular complexity index is 597. The molecule has 1 aliphatic heterocycles. The molecular weight excluding hydrogens is 302 g/mol. The van der Waals surface area contributed by atoms with Gasteiger partial charge in [-0.15, -0.1) is 11.3 Å². The van der Waals surface area contributed by atoms with Crippen LogP contribution in [-0.2, 0) is 16.0 Å². The van der Waals surface area contributed by atoms with Crippen molar-refractivity contribution in [2.24, 2.45) is 5.92 Å². The second-order valence-corrected chi connectivity index (χ2v) is 7.01. The van der Waals surface area contributed by atoms with Gasteiger partial charge in [0, 0.05) is 11.4 Å². The smallest absolute Gasteiger partial charge is 0.325 e. The van der Waals surface area contributed by atoms with Crippen LogP contribution in [-0.4, -0.2) is 41.4 Å². The Morgan fingerprint density at radius 1 is 1.50 bits per heavy atom. The SMILES string of the molecule is CC1(C2CC2)NC(=O)N(CC(=O)NCCc2cccs2)C1=O. The summed E-state index contributed by atoms with van der Waals surface area (Å²) in [5.41, 5.74) is -0.825. The van der Waals surface area contributed by atoms with E-state index in [0.29, 0.717) is 6.54 Å². The Morgan fingerprint density at radius 3 is 2.91 bits per heavy atom. The minimum absolute atomic E-state index is 0.204. The standard InChI is InChI=1S/C15H19N3O3S/c1-15(10-4-5-10)13(20)18(14(21)17-15)9-12(19)16-7-6-11-3-2-8-22-11/h2-3,8,10H,4-7,9H2,1H3,(H,16,19)(H,17,21). The molecule has 0 radical (unpaired) electrons. The number of nitrogens with one attached hydrogen (secondary N) is 2. The topological polar surface area (TPSA) is 78.5 Å². The molecular formula is C15H19N3O3S.